The lowest BCUT2D eigenvalue weighted by Gasteiger charge is -2.35. The molecule has 34 heavy (non-hydrogen) atoms. The minimum Gasteiger partial charge on any atom is -0.353 e. The molecule has 1 fully saturated rings. The van der Waals surface area contributed by atoms with Crippen molar-refractivity contribution < 1.29 is 0 Å². The first-order valence-electron chi connectivity index (χ1n) is 12.1. The van der Waals surface area contributed by atoms with Gasteiger partial charge in [0.1, 0.15) is 5.82 Å². The number of fused-ring (bicyclic) bond motifs is 1. The largest absolute Gasteiger partial charge is 0.353 e. The highest BCUT2D eigenvalue weighted by Crippen LogP contribution is 2.20. The van der Waals surface area contributed by atoms with Crippen molar-refractivity contribution in [3.8, 4) is 0 Å². The number of anilines is 2. The van der Waals surface area contributed by atoms with E-state index in [0.717, 1.165) is 85.9 Å². The van der Waals surface area contributed by atoms with E-state index in [9.17, 15) is 0 Å². The lowest BCUT2D eigenvalue weighted by Crippen LogP contribution is -2.49. The van der Waals surface area contributed by atoms with E-state index in [4.69, 9.17) is 21.6 Å². The van der Waals surface area contributed by atoms with Crippen LogP contribution in [0, 0.1) is 0 Å². The molecular weight excluding hydrogens is 462 g/mol. The number of pyridine rings is 1. The quantitative estimate of drug-likeness (QED) is 0.450. The molecular formula is C27H30ClN5S. The fourth-order valence-corrected chi connectivity index (χ4v) is 5.60. The van der Waals surface area contributed by atoms with Crippen LogP contribution in [0.1, 0.15) is 37.7 Å². The molecule has 0 atom stereocenters. The van der Waals surface area contributed by atoms with Gasteiger partial charge in [-0.15, -0.1) is 11.3 Å². The van der Waals surface area contributed by atoms with Crippen LogP contribution in [0.25, 0.3) is 12.3 Å². The smallest absolute Gasteiger partial charge is 0.185 e. The van der Waals surface area contributed by atoms with E-state index in [2.05, 4.69) is 45.3 Å². The van der Waals surface area contributed by atoms with Gasteiger partial charge >= 0.3 is 0 Å². The zero-order valence-electron chi connectivity index (χ0n) is 19.4. The summed E-state index contributed by atoms with van der Waals surface area (Å²) in [6, 6.07) is 10.3. The number of benzene rings is 1. The average molecular weight is 492 g/mol. The van der Waals surface area contributed by atoms with Crippen LogP contribution in [0.15, 0.2) is 53.1 Å². The molecule has 176 valence electrons. The third-order valence-corrected chi connectivity index (χ3v) is 7.77. The van der Waals surface area contributed by atoms with Gasteiger partial charge in [-0.3, -0.25) is 4.99 Å². The van der Waals surface area contributed by atoms with Crippen molar-refractivity contribution in [1.29, 1.82) is 0 Å². The maximum Gasteiger partial charge on any atom is 0.185 e. The number of piperazine rings is 1. The van der Waals surface area contributed by atoms with E-state index in [1.54, 1.807) is 11.3 Å². The Balaban J connectivity index is 1.26. The molecule has 1 aromatic carbocycles. The summed E-state index contributed by atoms with van der Waals surface area (Å²) in [4.78, 5) is 19.0. The first-order valence-corrected chi connectivity index (χ1v) is 13.4. The summed E-state index contributed by atoms with van der Waals surface area (Å²) < 4.78 is 0. The van der Waals surface area contributed by atoms with Gasteiger partial charge in [0.25, 0.3) is 0 Å². The number of halogens is 1. The average Bonchev–Trinajstić information content (AvgIpc) is 3.39. The minimum atomic E-state index is 0.873. The Labute approximate surface area is 210 Å². The number of hydrogen-bond donors (Lipinski definition) is 0. The van der Waals surface area contributed by atoms with Gasteiger partial charge in [-0.2, -0.15) is 0 Å². The van der Waals surface area contributed by atoms with Gasteiger partial charge in [-0.1, -0.05) is 35.9 Å². The van der Waals surface area contributed by atoms with Gasteiger partial charge in [0.15, 0.2) is 5.13 Å². The highest BCUT2D eigenvalue weighted by Gasteiger charge is 2.20. The summed E-state index contributed by atoms with van der Waals surface area (Å²) in [5.41, 5.74) is 2.52. The molecule has 7 heteroatoms. The molecule has 0 unspecified atom stereocenters. The first-order chi connectivity index (χ1) is 16.8. The highest BCUT2D eigenvalue weighted by atomic mass is 35.5. The van der Waals surface area contributed by atoms with Gasteiger partial charge in [0.05, 0.1) is 0 Å². The zero-order valence-corrected chi connectivity index (χ0v) is 20.9. The van der Waals surface area contributed by atoms with Crippen LogP contribution < -0.4 is 20.2 Å². The SMILES string of the molecule is Clc1ccccc1CCCCC1=N/C=c2/c(N3CCN(c4nccs4)CC3)ncc/c2=C/CC1. The van der Waals surface area contributed by atoms with E-state index in [1.165, 1.54) is 16.5 Å². The van der Waals surface area contributed by atoms with Crippen LogP contribution in [0.2, 0.25) is 5.02 Å². The molecule has 2 aromatic heterocycles. The van der Waals surface area contributed by atoms with E-state index in [1.807, 2.05) is 29.9 Å². The monoisotopic (exact) mass is 491 g/mol. The third kappa shape index (κ3) is 5.50. The summed E-state index contributed by atoms with van der Waals surface area (Å²) in [6.07, 6.45) is 14.6. The zero-order chi connectivity index (χ0) is 23.2. The second kappa shape index (κ2) is 11.2. The predicted octanol–water partition coefficient (Wildman–Crippen LogP) is 4.68. The van der Waals surface area contributed by atoms with Crippen LogP contribution >= 0.6 is 22.9 Å². The lowest BCUT2D eigenvalue weighted by molar-refractivity contribution is 0.644. The fourth-order valence-electron chi connectivity index (χ4n) is 4.67. The molecule has 5 nitrogen and oxygen atoms in total. The third-order valence-electron chi connectivity index (χ3n) is 6.56. The van der Waals surface area contributed by atoms with Gasteiger partial charge < -0.3 is 9.80 Å². The van der Waals surface area contributed by atoms with Crippen molar-refractivity contribution in [2.45, 2.75) is 38.5 Å². The molecule has 0 aliphatic carbocycles. The number of aryl methyl sites for hydroxylation is 1. The number of thiazole rings is 1. The molecule has 2 aliphatic rings. The Kier molecular flexibility index (Phi) is 7.56. The number of aliphatic imine (C=N–C) groups is 1. The summed E-state index contributed by atoms with van der Waals surface area (Å²) in [5.74, 6) is 1.05. The number of aromatic nitrogens is 2. The summed E-state index contributed by atoms with van der Waals surface area (Å²) in [7, 11) is 0. The van der Waals surface area contributed by atoms with Gasteiger partial charge in [0, 0.05) is 66.1 Å². The molecule has 4 heterocycles. The Morgan fingerprint density at radius 2 is 1.74 bits per heavy atom. The summed E-state index contributed by atoms with van der Waals surface area (Å²) in [6.45, 7) is 3.80. The van der Waals surface area contributed by atoms with E-state index < -0.39 is 0 Å². The maximum atomic E-state index is 6.30. The van der Waals surface area contributed by atoms with Gasteiger partial charge in [0.2, 0.25) is 0 Å². The Bertz CT molecular complexity index is 1250. The maximum absolute atomic E-state index is 6.30. The Hall–Kier alpha value is -2.70. The van der Waals surface area contributed by atoms with Crippen molar-refractivity contribution in [1.82, 2.24) is 9.97 Å². The van der Waals surface area contributed by atoms with Crippen molar-refractivity contribution in [2.24, 2.45) is 4.99 Å². The normalized spacial score (nSPS) is 18.1. The molecule has 2 aliphatic heterocycles. The van der Waals surface area contributed by atoms with Crippen molar-refractivity contribution >= 4 is 51.9 Å². The van der Waals surface area contributed by atoms with Crippen LogP contribution in [0.3, 0.4) is 0 Å². The Morgan fingerprint density at radius 3 is 2.56 bits per heavy atom. The molecule has 0 radical (unpaired) electrons. The van der Waals surface area contributed by atoms with E-state index >= 15 is 0 Å². The van der Waals surface area contributed by atoms with Crippen LogP contribution in [0.5, 0.6) is 0 Å². The number of rotatable bonds is 7. The van der Waals surface area contributed by atoms with Crippen LogP contribution in [-0.2, 0) is 6.42 Å². The van der Waals surface area contributed by atoms with E-state index in [0.29, 0.717) is 0 Å². The highest BCUT2D eigenvalue weighted by molar-refractivity contribution is 7.13. The minimum absolute atomic E-state index is 0.873. The molecule has 5 rings (SSSR count). The number of hydrogen-bond acceptors (Lipinski definition) is 6. The van der Waals surface area contributed by atoms with Crippen molar-refractivity contribution in [2.75, 3.05) is 36.0 Å². The molecule has 0 saturated carbocycles. The molecule has 3 aromatic rings. The second-order valence-corrected chi connectivity index (χ2v) is 10.1. The second-order valence-electron chi connectivity index (χ2n) is 8.79. The first kappa shape index (κ1) is 23.1. The van der Waals surface area contributed by atoms with Crippen molar-refractivity contribution in [3.63, 3.8) is 0 Å². The Morgan fingerprint density at radius 1 is 0.912 bits per heavy atom. The molecule has 0 spiro atoms. The summed E-state index contributed by atoms with van der Waals surface area (Å²) in [5, 5.41) is 6.42. The molecule has 0 bridgehead atoms. The topological polar surface area (TPSA) is 44.6 Å². The van der Waals surface area contributed by atoms with Crippen molar-refractivity contribution in [3.05, 3.63) is 69.1 Å². The molecule has 0 amide bonds. The molecule has 0 N–H and O–H groups in total. The van der Waals surface area contributed by atoms with Gasteiger partial charge in [-0.25, -0.2) is 9.97 Å². The summed E-state index contributed by atoms with van der Waals surface area (Å²) >= 11 is 8.01. The predicted molar refractivity (Wildman–Crippen MR) is 145 cm³/mol. The lowest BCUT2D eigenvalue weighted by atomic mass is 10.0. The standard InChI is InChI=1S/C27H30ClN5S/c28-25-11-4-2-7-22(25)6-1-3-9-23-10-5-8-21-12-13-29-26(24(21)20-31-23)32-15-17-33(18-16-32)27-30-14-19-34-27/h2,4,7-8,11-14,19-20H,1,3,5-6,9-10,15-18H2/b21-8-,24-20+,31-23?. The number of nitrogens with zero attached hydrogens (tertiary/aromatic N) is 5. The fraction of sp³-hybridized carbons (Fsp3) is 0.370. The van der Waals surface area contributed by atoms with Crippen LogP contribution in [-0.4, -0.2) is 41.9 Å². The van der Waals surface area contributed by atoms with Crippen LogP contribution in [0.4, 0.5) is 10.9 Å². The number of unbranched alkanes of at least 4 members (excludes halogenated alkanes) is 1. The van der Waals surface area contributed by atoms with E-state index in [-0.39, 0.29) is 0 Å². The molecule has 1 saturated heterocycles. The van der Waals surface area contributed by atoms with Gasteiger partial charge in [-0.05, 0) is 61.4 Å².